The molecule has 0 aliphatic rings. The van der Waals surface area contributed by atoms with Crippen LogP contribution >= 0.6 is 0 Å². The van der Waals surface area contributed by atoms with Crippen molar-refractivity contribution in [2.24, 2.45) is 5.16 Å². The number of hydrogen-bond donors (Lipinski definition) is 1. The lowest BCUT2D eigenvalue weighted by atomic mass is 10.0. The number of aliphatic carboxylic acids is 1. The van der Waals surface area contributed by atoms with Gasteiger partial charge in [0, 0.05) is 36.0 Å². The van der Waals surface area contributed by atoms with Crippen LogP contribution in [0.2, 0.25) is 0 Å². The Balaban J connectivity index is 2.25. The van der Waals surface area contributed by atoms with E-state index in [9.17, 15) is 19.7 Å². The molecule has 0 atom stereocenters. The van der Waals surface area contributed by atoms with Crippen LogP contribution < -0.4 is 0 Å². The molecule has 2 rings (SSSR count). The number of carboxylic acids is 1. The second kappa shape index (κ2) is 9.76. The summed E-state index contributed by atoms with van der Waals surface area (Å²) in [5.41, 5.74) is 1.05. The van der Waals surface area contributed by atoms with Gasteiger partial charge in [0.05, 0.1) is 10.5 Å². The van der Waals surface area contributed by atoms with Gasteiger partial charge in [-0.1, -0.05) is 5.16 Å². The second-order valence-electron chi connectivity index (χ2n) is 5.51. The average Bonchev–Trinajstić information content (AvgIpc) is 2.67. The first-order valence-electron chi connectivity index (χ1n) is 8.09. The van der Waals surface area contributed by atoms with Gasteiger partial charge >= 0.3 is 5.97 Å². The molecule has 1 N–H and O–H groups in total. The van der Waals surface area contributed by atoms with Crippen molar-refractivity contribution in [3.05, 3.63) is 69.5 Å². The van der Waals surface area contributed by atoms with Crippen LogP contribution in [0, 0.1) is 10.1 Å². The summed E-state index contributed by atoms with van der Waals surface area (Å²) in [4.78, 5) is 41.3. The van der Waals surface area contributed by atoms with E-state index in [1.807, 2.05) is 0 Å². The summed E-state index contributed by atoms with van der Waals surface area (Å²) in [7, 11) is 0. The minimum Gasteiger partial charge on any atom is -0.481 e. The number of nitro groups is 1. The number of carboxylic acid groups (broad SMARTS) is 1. The predicted octanol–water partition coefficient (Wildman–Crippen LogP) is 2.83. The highest BCUT2D eigenvalue weighted by molar-refractivity contribution is 6.13. The van der Waals surface area contributed by atoms with Gasteiger partial charge in [-0.2, -0.15) is 0 Å². The van der Waals surface area contributed by atoms with E-state index in [0.29, 0.717) is 36.0 Å². The quantitative estimate of drug-likeness (QED) is 0.223. The fourth-order valence-corrected chi connectivity index (χ4v) is 2.29. The lowest BCUT2D eigenvalue weighted by Gasteiger charge is -2.08. The second-order valence-corrected chi connectivity index (χ2v) is 5.51. The van der Waals surface area contributed by atoms with Crippen molar-refractivity contribution in [2.75, 3.05) is 6.61 Å². The number of nitro benzene ring substituents is 1. The van der Waals surface area contributed by atoms with Gasteiger partial charge in [0.1, 0.15) is 12.3 Å². The molecule has 0 saturated carbocycles. The normalized spacial score (nSPS) is 11.0. The first-order valence-corrected chi connectivity index (χ1v) is 8.09. The minimum atomic E-state index is -0.873. The maximum Gasteiger partial charge on any atom is 0.303 e. The van der Waals surface area contributed by atoms with E-state index in [1.54, 1.807) is 24.5 Å². The van der Waals surface area contributed by atoms with Gasteiger partial charge in [-0.3, -0.25) is 24.7 Å². The Hall–Kier alpha value is -3.62. The molecule has 0 fully saturated rings. The van der Waals surface area contributed by atoms with Crippen LogP contribution in [0.25, 0.3) is 0 Å². The summed E-state index contributed by atoms with van der Waals surface area (Å²) in [5.74, 6) is -0.873. The number of rotatable bonds is 10. The van der Waals surface area contributed by atoms with Gasteiger partial charge in [0.2, 0.25) is 0 Å². The monoisotopic (exact) mass is 371 g/mol. The maximum atomic E-state index is 11.2. The van der Waals surface area contributed by atoms with Crippen molar-refractivity contribution in [3.8, 4) is 0 Å². The number of benzene rings is 1. The van der Waals surface area contributed by atoms with E-state index < -0.39 is 10.9 Å². The fraction of sp³-hybridized carbons (Fsp3) is 0.222. The van der Waals surface area contributed by atoms with Crippen molar-refractivity contribution >= 4 is 23.7 Å². The number of nitrogens with zero attached hydrogens (tertiary/aromatic N) is 3. The third-order valence-corrected chi connectivity index (χ3v) is 3.59. The van der Waals surface area contributed by atoms with Crippen LogP contribution in [0.3, 0.4) is 0 Å². The molecule has 0 unspecified atom stereocenters. The molecule has 9 heteroatoms. The molecule has 0 radical (unpaired) electrons. The molecular formula is C18H17N3O6. The van der Waals surface area contributed by atoms with Crippen molar-refractivity contribution in [1.29, 1.82) is 0 Å². The molecule has 0 spiro atoms. The maximum absolute atomic E-state index is 11.2. The minimum absolute atomic E-state index is 0.0492. The van der Waals surface area contributed by atoms with E-state index >= 15 is 0 Å². The standard InChI is InChI=1S/C18H17N3O6/c22-12-15-10-13(6-7-16(15)21(25)26)18(14-4-3-8-19-11-14)20-27-9-2-1-5-17(23)24/h3-4,6-8,10-12H,1-2,5,9H2,(H,23,24)/b20-18-. The Morgan fingerprint density at radius 3 is 2.74 bits per heavy atom. The Morgan fingerprint density at radius 2 is 2.11 bits per heavy atom. The van der Waals surface area contributed by atoms with Crippen molar-refractivity contribution in [3.63, 3.8) is 0 Å². The molecule has 1 aromatic carbocycles. The lowest BCUT2D eigenvalue weighted by molar-refractivity contribution is -0.385. The molecule has 0 aliphatic heterocycles. The van der Waals surface area contributed by atoms with E-state index in [2.05, 4.69) is 10.1 Å². The number of unbranched alkanes of at least 4 members (excludes halogenated alkanes) is 1. The van der Waals surface area contributed by atoms with E-state index in [1.165, 1.54) is 18.2 Å². The van der Waals surface area contributed by atoms with Gasteiger partial charge in [-0.25, -0.2) is 0 Å². The van der Waals surface area contributed by atoms with Gasteiger partial charge in [0.15, 0.2) is 6.29 Å². The van der Waals surface area contributed by atoms with Gasteiger partial charge in [0.25, 0.3) is 5.69 Å². The number of oxime groups is 1. The summed E-state index contributed by atoms with van der Waals surface area (Å²) < 4.78 is 0. The summed E-state index contributed by atoms with van der Waals surface area (Å²) in [6.45, 7) is 0.213. The summed E-state index contributed by atoms with van der Waals surface area (Å²) >= 11 is 0. The average molecular weight is 371 g/mol. The van der Waals surface area contributed by atoms with E-state index in [4.69, 9.17) is 9.94 Å². The Kier molecular flexibility index (Phi) is 7.12. The van der Waals surface area contributed by atoms with Crippen molar-refractivity contribution < 1.29 is 24.5 Å². The van der Waals surface area contributed by atoms with Crippen LogP contribution in [0.15, 0.2) is 47.9 Å². The van der Waals surface area contributed by atoms with Gasteiger partial charge in [-0.05, 0) is 37.1 Å². The molecule has 1 heterocycles. The number of pyridine rings is 1. The first kappa shape index (κ1) is 19.7. The molecule has 0 aliphatic carbocycles. The SMILES string of the molecule is O=Cc1cc(/C(=N/OCCCCC(=O)O)c2cccnc2)ccc1[N+](=O)[O-]. The van der Waals surface area contributed by atoms with Crippen LogP contribution in [0.5, 0.6) is 0 Å². The van der Waals surface area contributed by atoms with Gasteiger partial charge < -0.3 is 9.94 Å². The third-order valence-electron chi connectivity index (χ3n) is 3.59. The highest BCUT2D eigenvalue weighted by atomic mass is 16.6. The van der Waals surface area contributed by atoms with Gasteiger partial charge in [-0.15, -0.1) is 0 Å². The third kappa shape index (κ3) is 5.70. The molecule has 9 nitrogen and oxygen atoms in total. The molecule has 27 heavy (non-hydrogen) atoms. The molecule has 0 bridgehead atoms. The van der Waals surface area contributed by atoms with Crippen LogP contribution in [-0.4, -0.2) is 39.6 Å². The fourth-order valence-electron chi connectivity index (χ4n) is 2.29. The molecule has 0 saturated heterocycles. The van der Waals surface area contributed by atoms with Crippen LogP contribution in [0.4, 0.5) is 5.69 Å². The van der Waals surface area contributed by atoms with Crippen molar-refractivity contribution in [1.82, 2.24) is 4.98 Å². The predicted molar refractivity (Wildman–Crippen MR) is 95.8 cm³/mol. The summed E-state index contributed by atoms with van der Waals surface area (Å²) in [6, 6.07) is 7.51. The number of aromatic nitrogens is 1. The van der Waals surface area contributed by atoms with E-state index in [-0.39, 0.29) is 24.3 Å². The number of carbonyl (C=O) groups excluding carboxylic acids is 1. The van der Waals surface area contributed by atoms with E-state index in [0.717, 1.165) is 0 Å². The van der Waals surface area contributed by atoms with Crippen LogP contribution in [0.1, 0.15) is 40.7 Å². The molecule has 1 aromatic heterocycles. The Morgan fingerprint density at radius 1 is 1.30 bits per heavy atom. The topological polar surface area (TPSA) is 132 Å². The smallest absolute Gasteiger partial charge is 0.303 e. The van der Waals surface area contributed by atoms with Crippen molar-refractivity contribution in [2.45, 2.75) is 19.3 Å². The Bertz CT molecular complexity index is 851. The molecule has 140 valence electrons. The zero-order valence-corrected chi connectivity index (χ0v) is 14.3. The number of hydrogen-bond acceptors (Lipinski definition) is 7. The zero-order valence-electron chi connectivity index (χ0n) is 14.3. The molecule has 0 amide bonds. The number of carbonyl (C=O) groups is 2. The zero-order chi connectivity index (χ0) is 19.6. The highest BCUT2D eigenvalue weighted by Gasteiger charge is 2.17. The summed E-state index contributed by atoms with van der Waals surface area (Å²) in [6.07, 6.45) is 4.56. The first-order chi connectivity index (χ1) is 13.0. The lowest BCUT2D eigenvalue weighted by Crippen LogP contribution is -2.07. The number of aldehydes is 1. The molecular weight excluding hydrogens is 354 g/mol. The van der Waals surface area contributed by atoms with Crippen LogP contribution in [-0.2, 0) is 9.63 Å². The largest absolute Gasteiger partial charge is 0.481 e. The Labute approximate surface area is 154 Å². The molecule has 2 aromatic rings. The highest BCUT2D eigenvalue weighted by Crippen LogP contribution is 2.20. The summed E-state index contributed by atoms with van der Waals surface area (Å²) in [5, 5.41) is 23.7.